The second kappa shape index (κ2) is 9.67. The third-order valence-electron chi connectivity index (χ3n) is 6.50. The molecule has 2 aromatic carbocycles. The molecule has 0 radical (unpaired) electrons. The van der Waals surface area contributed by atoms with E-state index in [9.17, 15) is 8.42 Å². The quantitative estimate of drug-likeness (QED) is 0.399. The second-order valence-corrected chi connectivity index (χ2v) is 10.9. The topological polar surface area (TPSA) is 112 Å². The Bertz CT molecular complexity index is 1430. The van der Waals surface area contributed by atoms with Gasteiger partial charge in [0.2, 0.25) is 10.0 Å². The highest BCUT2D eigenvalue weighted by Crippen LogP contribution is 2.39. The molecule has 1 aliphatic carbocycles. The number of hydrogen-bond acceptors (Lipinski definition) is 6. The van der Waals surface area contributed by atoms with Crippen molar-refractivity contribution < 1.29 is 13.2 Å². The van der Waals surface area contributed by atoms with Crippen molar-refractivity contribution in [3.63, 3.8) is 0 Å². The first-order valence-electron chi connectivity index (χ1n) is 11.7. The average Bonchev–Trinajstić information content (AvgIpc) is 3.24. The highest BCUT2D eigenvalue weighted by Gasteiger charge is 2.27. The van der Waals surface area contributed by atoms with E-state index in [-0.39, 0.29) is 12.1 Å². The summed E-state index contributed by atoms with van der Waals surface area (Å²) in [5.41, 5.74) is 10.2. The summed E-state index contributed by atoms with van der Waals surface area (Å²) in [4.78, 5) is 8.82. The molecule has 2 heterocycles. The van der Waals surface area contributed by atoms with Crippen LogP contribution in [0.1, 0.15) is 37.3 Å². The third kappa shape index (κ3) is 5.31. The average molecular weight is 492 g/mol. The van der Waals surface area contributed by atoms with Crippen molar-refractivity contribution in [2.75, 3.05) is 12.0 Å². The van der Waals surface area contributed by atoms with Crippen LogP contribution in [-0.2, 0) is 16.6 Å². The Kier molecular flexibility index (Phi) is 6.44. The summed E-state index contributed by atoms with van der Waals surface area (Å²) in [6.45, 7) is 0.488. The summed E-state index contributed by atoms with van der Waals surface area (Å²) in [6, 6.07) is 18.2. The smallest absolute Gasteiger partial charge is 0.208 e. The van der Waals surface area contributed by atoms with Crippen LogP contribution in [0.2, 0.25) is 0 Å². The minimum absolute atomic E-state index is 0.0271. The van der Waals surface area contributed by atoms with E-state index in [1.54, 1.807) is 0 Å². The maximum atomic E-state index is 11.6. The second-order valence-electron chi connectivity index (χ2n) is 9.11. The standard InChI is InChI=1S/C26H29N5O3S/c1-35(32,33)30-20-10-12-21(13-11-20)31-15-23(24-25(27)28-17-29-26(24)31)19-8-5-9-22(14-19)34-16-18-6-3-2-4-7-18/h2-9,14-15,17,20-21,30H,10-13,16H2,1H3,(H2,27,28,29). The van der Waals surface area contributed by atoms with Crippen molar-refractivity contribution in [3.05, 3.63) is 72.7 Å². The zero-order valence-corrected chi connectivity index (χ0v) is 20.4. The molecule has 9 heteroatoms. The zero-order chi connectivity index (χ0) is 24.4. The van der Waals surface area contributed by atoms with E-state index in [0.29, 0.717) is 12.4 Å². The van der Waals surface area contributed by atoms with Crippen molar-refractivity contribution >= 4 is 26.9 Å². The summed E-state index contributed by atoms with van der Waals surface area (Å²) in [6.07, 6.45) is 8.05. The molecule has 2 aromatic heterocycles. The first kappa shape index (κ1) is 23.3. The lowest BCUT2D eigenvalue weighted by Gasteiger charge is -2.29. The SMILES string of the molecule is CS(=O)(=O)NC1CCC(n2cc(-c3cccc(OCc4ccccc4)c3)c3c(N)ncnc32)CC1. The summed E-state index contributed by atoms with van der Waals surface area (Å²) in [5, 5.41) is 0.823. The maximum absolute atomic E-state index is 11.6. The Balaban J connectivity index is 1.43. The summed E-state index contributed by atoms with van der Waals surface area (Å²) in [7, 11) is -3.21. The minimum atomic E-state index is -3.21. The molecule has 5 rings (SSSR count). The number of fused-ring (bicyclic) bond motifs is 1. The normalized spacial score (nSPS) is 18.5. The Morgan fingerprint density at radius 2 is 1.83 bits per heavy atom. The third-order valence-corrected chi connectivity index (χ3v) is 7.26. The van der Waals surface area contributed by atoms with Gasteiger partial charge in [0.05, 0.1) is 11.6 Å². The Morgan fingerprint density at radius 3 is 2.57 bits per heavy atom. The Labute approximate surface area is 205 Å². The van der Waals surface area contributed by atoms with Gasteiger partial charge in [0, 0.05) is 23.8 Å². The molecule has 35 heavy (non-hydrogen) atoms. The molecular weight excluding hydrogens is 462 g/mol. The number of nitrogens with one attached hydrogen (secondary N) is 1. The van der Waals surface area contributed by atoms with Crippen molar-refractivity contribution in [1.29, 1.82) is 0 Å². The number of nitrogens with zero attached hydrogens (tertiary/aromatic N) is 3. The van der Waals surface area contributed by atoms with E-state index < -0.39 is 10.0 Å². The molecule has 0 atom stereocenters. The van der Waals surface area contributed by atoms with Gasteiger partial charge < -0.3 is 15.0 Å². The van der Waals surface area contributed by atoms with Crippen LogP contribution in [0.25, 0.3) is 22.2 Å². The van der Waals surface area contributed by atoms with Crippen molar-refractivity contribution in [2.45, 2.75) is 44.4 Å². The number of anilines is 1. The van der Waals surface area contributed by atoms with Gasteiger partial charge in [-0.1, -0.05) is 42.5 Å². The minimum Gasteiger partial charge on any atom is -0.489 e. The molecule has 8 nitrogen and oxygen atoms in total. The molecule has 3 N–H and O–H groups in total. The number of nitrogens with two attached hydrogens (primary N) is 1. The predicted octanol–water partition coefficient (Wildman–Crippen LogP) is 4.29. The van der Waals surface area contributed by atoms with E-state index >= 15 is 0 Å². The van der Waals surface area contributed by atoms with Gasteiger partial charge in [0.15, 0.2) is 0 Å². The van der Waals surface area contributed by atoms with E-state index in [2.05, 4.69) is 25.5 Å². The molecule has 0 aliphatic heterocycles. The van der Waals surface area contributed by atoms with Gasteiger partial charge >= 0.3 is 0 Å². The largest absolute Gasteiger partial charge is 0.489 e. The van der Waals surface area contributed by atoms with Crippen LogP contribution in [0, 0.1) is 0 Å². The van der Waals surface area contributed by atoms with Gasteiger partial charge in [-0.3, -0.25) is 0 Å². The number of rotatable bonds is 7. The van der Waals surface area contributed by atoms with Crippen LogP contribution in [-0.4, -0.2) is 35.3 Å². The highest BCUT2D eigenvalue weighted by atomic mass is 32.2. The van der Waals surface area contributed by atoms with Crippen LogP contribution in [0.15, 0.2) is 67.1 Å². The molecule has 0 unspecified atom stereocenters. The Hall–Kier alpha value is -3.43. The van der Waals surface area contributed by atoms with Crippen LogP contribution in [0.5, 0.6) is 5.75 Å². The molecule has 0 saturated heterocycles. The summed E-state index contributed by atoms with van der Waals surface area (Å²) >= 11 is 0. The number of sulfonamides is 1. The fourth-order valence-corrected chi connectivity index (χ4v) is 5.72. The predicted molar refractivity (Wildman–Crippen MR) is 137 cm³/mol. The Morgan fingerprint density at radius 1 is 1.06 bits per heavy atom. The van der Waals surface area contributed by atoms with Gasteiger partial charge in [-0.05, 0) is 48.9 Å². The molecular formula is C26H29N5O3S. The molecule has 0 spiro atoms. The van der Waals surface area contributed by atoms with Gasteiger partial charge in [0.1, 0.15) is 30.1 Å². The number of aromatic nitrogens is 3. The lowest BCUT2D eigenvalue weighted by Crippen LogP contribution is -2.37. The highest BCUT2D eigenvalue weighted by molar-refractivity contribution is 7.88. The summed E-state index contributed by atoms with van der Waals surface area (Å²) in [5.74, 6) is 1.21. The van der Waals surface area contributed by atoms with E-state index in [4.69, 9.17) is 10.5 Å². The summed E-state index contributed by atoms with van der Waals surface area (Å²) < 4.78 is 34.2. The van der Waals surface area contributed by atoms with E-state index in [1.807, 2.05) is 54.6 Å². The molecule has 1 aliphatic rings. The molecule has 182 valence electrons. The van der Waals surface area contributed by atoms with Crippen molar-refractivity contribution in [3.8, 4) is 16.9 Å². The number of ether oxygens (including phenoxy) is 1. The van der Waals surface area contributed by atoms with Crippen LogP contribution in [0.4, 0.5) is 5.82 Å². The maximum Gasteiger partial charge on any atom is 0.208 e. The number of hydrogen-bond donors (Lipinski definition) is 2. The van der Waals surface area contributed by atoms with Crippen LogP contribution >= 0.6 is 0 Å². The van der Waals surface area contributed by atoms with Gasteiger partial charge in [-0.15, -0.1) is 0 Å². The first-order chi connectivity index (χ1) is 16.9. The van der Waals surface area contributed by atoms with Crippen molar-refractivity contribution in [2.24, 2.45) is 0 Å². The molecule has 0 amide bonds. The van der Waals surface area contributed by atoms with Crippen molar-refractivity contribution in [1.82, 2.24) is 19.3 Å². The number of nitrogen functional groups attached to an aromatic ring is 1. The molecule has 0 bridgehead atoms. The number of benzene rings is 2. The van der Waals surface area contributed by atoms with Gasteiger partial charge in [0.25, 0.3) is 0 Å². The lowest BCUT2D eigenvalue weighted by atomic mass is 9.91. The molecule has 4 aromatic rings. The van der Waals surface area contributed by atoms with Gasteiger partial charge in [-0.2, -0.15) is 0 Å². The monoisotopic (exact) mass is 491 g/mol. The van der Waals surface area contributed by atoms with Crippen LogP contribution < -0.4 is 15.2 Å². The van der Waals surface area contributed by atoms with Crippen LogP contribution in [0.3, 0.4) is 0 Å². The first-order valence-corrected chi connectivity index (χ1v) is 13.6. The molecule has 1 saturated carbocycles. The fourth-order valence-electron chi connectivity index (χ4n) is 4.87. The fraction of sp³-hybridized carbons (Fsp3) is 0.308. The lowest BCUT2D eigenvalue weighted by molar-refractivity contribution is 0.306. The zero-order valence-electron chi connectivity index (χ0n) is 19.6. The molecule has 1 fully saturated rings. The van der Waals surface area contributed by atoms with E-state index in [1.165, 1.54) is 12.6 Å². The van der Waals surface area contributed by atoms with Gasteiger partial charge in [-0.25, -0.2) is 23.1 Å². The van der Waals surface area contributed by atoms with E-state index in [0.717, 1.165) is 59.2 Å².